The topological polar surface area (TPSA) is 37.4 Å². The van der Waals surface area contributed by atoms with Crippen LogP contribution in [0.3, 0.4) is 0 Å². The van der Waals surface area contributed by atoms with E-state index in [-0.39, 0.29) is 0 Å². The number of hydrogen-bond acceptors (Lipinski definition) is 3. The highest BCUT2D eigenvalue weighted by atomic mass is 32.2. The lowest BCUT2D eigenvalue weighted by Gasteiger charge is -2.25. The molecule has 1 aliphatic heterocycles. The quantitative estimate of drug-likeness (QED) is 0.776. The van der Waals surface area contributed by atoms with Gasteiger partial charge >= 0.3 is 0 Å². The molecule has 1 aromatic heterocycles. The van der Waals surface area contributed by atoms with Crippen molar-refractivity contribution in [3.05, 3.63) is 22.4 Å². The Morgan fingerprint density at radius 1 is 1.43 bits per heavy atom. The third-order valence-electron chi connectivity index (χ3n) is 2.37. The molecule has 0 saturated carbocycles. The maximum atomic E-state index is 11.6. The van der Waals surface area contributed by atoms with Gasteiger partial charge < -0.3 is 0 Å². The van der Waals surface area contributed by atoms with E-state index in [1.807, 2.05) is 17.5 Å². The predicted molar refractivity (Wildman–Crippen MR) is 57.7 cm³/mol. The lowest BCUT2D eigenvalue weighted by atomic mass is 10.3. The fourth-order valence-electron chi connectivity index (χ4n) is 1.59. The zero-order chi connectivity index (χ0) is 10.0. The first-order valence-corrected chi connectivity index (χ1v) is 7.17. The molecule has 1 fully saturated rings. The van der Waals surface area contributed by atoms with E-state index in [9.17, 15) is 8.42 Å². The molecule has 0 amide bonds. The Bertz CT molecular complexity index is 383. The highest BCUT2D eigenvalue weighted by molar-refractivity contribution is 7.89. The summed E-state index contributed by atoms with van der Waals surface area (Å²) in [6.07, 6.45) is 1.80. The second kappa shape index (κ2) is 4.00. The van der Waals surface area contributed by atoms with Gasteiger partial charge in [0.1, 0.15) is 0 Å². The molecule has 0 unspecified atom stereocenters. The van der Waals surface area contributed by atoms with Gasteiger partial charge in [0.15, 0.2) is 0 Å². The maximum absolute atomic E-state index is 11.6. The smallest absolute Gasteiger partial charge is 0.212 e. The van der Waals surface area contributed by atoms with Gasteiger partial charge in [-0.1, -0.05) is 6.07 Å². The van der Waals surface area contributed by atoms with Crippen LogP contribution in [0.5, 0.6) is 0 Å². The standard InChI is InChI=1S/C9H13NO2S2/c11-14(12)7-2-1-5-10(14)8-9-4-3-6-13-9/h3-4,6H,1-2,5,7-8H2. The molecule has 0 radical (unpaired) electrons. The monoisotopic (exact) mass is 231 g/mol. The van der Waals surface area contributed by atoms with E-state index in [1.54, 1.807) is 15.6 Å². The van der Waals surface area contributed by atoms with Gasteiger partial charge in [-0.3, -0.25) is 0 Å². The van der Waals surface area contributed by atoms with Crippen molar-refractivity contribution in [2.75, 3.05) is 12.3 Å². The van der Waals surface area contributed by atoms with Crippen molar-refractivity contribution < 1.29 is 8.42 Å². The SMILES string of the molecule is O=S1(=O)CCCCN1Cc1cccs1. The summed E-state index contributed by atoms with van der Waals surface area (Å²) in [5.74, 6) is 0.318. The average molecular weight is 231 g/mol. The second-order valence-electron chi connectivity index (χ2n) is 3.44. The third kappa shape index (κ3) is 2.16. The number of nitrogens with zero attached hydrogens (tertiary/aromatic N) is 1. The minimum absolute atomic E-state index is 0.318. The summed E-state index contributed by atoms with van der Waals surface area (Å²) in [5.41, 5.74) is 0. The van der Waals surface area contributed by atoms with E-state index in [0.29, 0.717) is 18.8 Å². The van der Waals surface area contributed by atoms with Crippen LogP contribution in [0.2, 0.25) is 0 Å². The van der Waals surface area contributed by atoms with E-state index >= 15 is 0 Å². The van der Waals surface area contributed by atoms with Crippen molar-refractivity contribution >= 4 is 21.4 Å². The van der Waals surface area contributed by atoms with Crippen molar-refractivity contribution in [2.45, 2.75) is 19.4 Å². The van der Waals surface area contributed by atoms with Crippen LogP contribution in [0.15, 0.2) is 17.5 Å². The summed E-state index contributed by atoms with van der Waals surface area (Å²) < 4.78 is 24.9. The number of sulfonamides is 1. The van der Waals surface area contributed by atoms with E-state index < -0.39 is 10.0 Å². The molecule has 0 N–H and O–H groups in total. The second-order valence-corrected chi connectivity index (χ2v) is 6.56. The molecule has 0 aliphatic carbocycles. The summed E-state index contributed by atoms with van der Waals surface area (Å²) in [4.78, 5) is 1.12. The molecule has 1 aliphatic rings. The fraction of sp³-hybridized carbons (Fsp3) is 0.556. The van der Waals surface area contributed by atoms with Gasteiger partial charge in [-0.15, -0.1) is 11.3 Å². The minimum atomic E-state index is -2.96. The molecule has 0 spiro atoms. The molecule has 0 bridgehead atoms. The Morgan fingerprint density at radius 2 is 2.29 bits per heavy atom. The summed E-state index contributed by atoms with van der Waals surface area (Å²) in [6.45, 7) is 1.24. The molecule has 14 heavy (non-hydrogen) atoms. The van der Waals surface area contributed by atoms with Gasteiger partial charge in [0, 0.05) is 18.0 Å². The van der Waals surface area contributed by atoms with Crippen molar-refractivity contribution in [3.63, 3.8) is 0 Å². The first kappa shape index (κ1) is 10.1. The molecule has 3 nitrogen and oxygen atoms in total. The van der Waals surface area contributed by atoms with Crippen molar-refractivity contribution in [1.82, 2.24) is 4.31 Å². The van der Waals surface area contributed by atoms with Crippen molar-refractivity contribution in [3.8, 4) is 0 Å². The molecule has 0 atom stereocenters. The molecule has 1 aromatic rings. The van der Waals surface area contributed by atoms with Crippen LogP contribution in [0.1, 0.15) is 17.7 Å². The first-order chi connectivity index (χ1) is 6.68. The summed E-state index contributed by atoms with van der Waals surface area (Å²) in [6, 6.07) is 3.94. The first-order valence-electron chi connectivity index (χ1n) is 4.69. The van der Waals surface area contributed by atoms with Crippen LogP contribution in [0.4, 0.5) is 0 Å². The molecule has 2 rings (SSSR count). The number of rotatable bonds is 2. The predicted octanol–water partition coefficient (Wildman–Crippen LogP) is 1.67. The lowest BCUT2D eigenvalue weighted by molar-refractivity contribution is 0.381. The van der Waals surface area contributed by atoms with Gasteiger partial charge in [0.25, 0.3) is 0 Å². The zero-order valence-electron chi connectivity index (χ0n) is 7.85. The molecule has 2 heterocycles. The normalized spacial score (nSPS) is 22.3. The molecular formula is C9H13NO2S2. The van der Waals surface area contributed by atoms with E-state index in [2.05, 4.69) is 0 Å². The van der Waals surface area contributed by atoms with Crippen LogP contribution >= 0.6 is 11.3 Å². The van der Waals surface area contributed by atoms with E-state index in [0.717, 1.165) is 17.7 Å². The fourth-order valence-corrected chi connectivity index (χ4v) is 3.97. The minimum Gasteiger partial charge on any atom is -0.212 e. The Hall–Kier alpha value is -0.390. The molecule has 5 heteroatoms. The molecule has 0 aromatic carbocycles. The summed E-state index contributed by atoms with van der Waals surface area (Å²) in [7, 11) is -2.96. The summed E-state index contributed by atoms with van der Waals surface area (Å²) in [5, 5.41) is 1.98. The highest BCUT2D eigenvalue weighted by Crippen LogP contribution is 2.19. The van der Waals surface area contributed by atoms with Crippen molar-refractivity contribution in [2.24, 2.45) is 0 Å². The van der Waals surface area contributed by atoms with Gasteiger partial charge in [-0.25, -0.2) is 8.42 Å². The highest BCUT2D eigenvalue weighted by Gasteiger charge is 2.25. The third-order valence-corrected chi connectivity index (χ3v) is 5.13. The van der Waals surface area contributed by atoms with Crippen LogP contribution in [-0.4, -0.2) is 25.0 Å². The van der Waals surface area contributed by atoms with Crippen LogP contribution in [-0.2, 0) is 16.6 Å². The van der Waals surface area contributed by atoms with Gasteiger partial charge in [0.05, 0.1) is 5.75 Å². The number of thiophene rings is 1. The summed E-state index contributed by atoms with van der Waals surface area (Å²) >= 11 is 1.61. The largest absolute Gasteiger partial charge is 0.214 e. The Balaban J connectivity index is 2.10. The molecular weight excluding hydrogens is 218 g/mol. The Kier molecular flexibility index (Phi) is 2.90. The Morgan fingerprint density at radius 3 is 2.93 bits per heavy atom. The Labute approximate surface area is 88.4 Å². The van der Waals surface area contributed by atoms with Crippen LogP contribution in [0, 0.1) is 0 Å². The van der Waals surface area contributed by atoms with Gasteiger partial charge in [-0.05, 0) is 24.3 Å². The van der Waals surface area contributed by atoms with E-state index in [1.165, 1.54) is 0 Å². The van der Waals surface area contributed by atoms with Gasteiger partial charge in [-0.2, -0.15) is 4.31 Å². The van der Waals surface area contributed by atoms with Gasteiger partial charge in [0.2, 0.25) is 10.0 Å². The molecule has 78 valence electrons. The van der Waals surface area contributed by atoms with Crippen LogP contribution in [0.25, 0.3) is 0 Å². The van der Waals surface area contributed by atoms with Crippen molar-refractivity contribution in [1.29, 1.82) is 0 Å². The maximum Gasteiger partial charge on any atom is 0.214 e. The lowest BCUT2D eigenvalue weighted by Crippen LogP contribution is -2.36. The van der Waals surface area contributed by atoms with Crippen LogP contribution < -0.4 is 0 Å². The molecule has 1 saturated heterocycles. The zero-order valence-corrected chi connectivity index (χ0v) is 9.48. The van der Waals surface area contributed by atoms with E-state index in [4.69, 9.17) is 0 Å². The number of hydrogen-bond donors (Lipinski definition) is 0. The average Bonchev–Trinajstić information content (AvgIpc) is 2.61.